The molecule has 4 aromatic carbocycles. The third-order valence-corrected chi connectivity index (χ3v) is 9.63. The molecule has 0 atom stereocenters. The normalized spacial score (nSPS) is 15.5. The number of thiazole rings is 1. The lowest BCUT2D eigenvalue weighted by Crippen LogP contribution is -2.35. The Morgan fingerprint density at radius 2 is 1.63 bits per heavy atom. The zero-order valence-corrected chi connectivity index (χ0v) is 25.8. The summed E-state index contributed by atoms with van der Waals surface area (Å²) in [4.78, 5) is 7.24. The lowest BCUT2D eigenvalue weighted by Gasteiger charge is -2.23. The number of benzene rings is 4. The van der Waals surface area contributed by atoms with E-state index < -0.39 is 0 Å². The Morgan fingerprint density at radius 1 is 0.860 bits per heavy atom. The smallest absolute Gasteiger partial charge is 0.287 e. The van der Waals surface area contributed by atoms with Crippen molar-refractivity contribution >= 4 is 44.4 Å². The van der Waals surface area contributed by atoms with E-state index in [2.05, 4.69) is 169 Å². The van der Waals surface area contributed by atoms with Crippen molar-refractivity contribution in [2.75, 3.05) is 11.9 Å². The topological polar surface area (TPSA) is 24.9 Å². The minimum Gasteiger partial charge on any atom is -0.347 e. The van der Waals surface area contributed by atoms with Gasteiger partial charge in [0.05, 0.1) is 16.8 Å². The van der Waals surface area contributed by atoms with Gasteiger partial charge in [0.2, 0.25) is 0 Å². The molecule has 0 bridgehead atoms. The van der Waals surface area contributed by atoms with E-state index in [1.54, 1.807) is 11.3 Å². The van der Waals surface area contributed by atoms with Crippen LogP contribution in [0.2, 0.25) is 0 Å². The molecule has 7 rings (SSSR count). The maximum atomic E-state index is 4.93. The summed E-state index contributed by atoms with van der Waals surface area (Å²) in [5, 5.41) is 1.05. The summed E-state index contributed by atoms with van der Waals surface area (Å²) in [7, 11) is 2.16. The number of para-hydroxylation sites is 3. The van der Waals surface area contributed by atoms with Gasteiger partial charge in [-0.3, -0.25) is 0 Å². The summed E-state index contributed by atoms with van der Waals surface area (Å²) in [6.07, 6.45) is 10.9. The molecule has 0 spiro atoms. The van der Waals surface area contributed by atoms with Crippen molar-refractivity contribution in [2.45, 2.75) is 32.7 Å². The molecule has 212 valence electrons. The highest BCUT2D eigenvalue weighted by Gasteiger charge is 2.37. The molecule has 0 fully saturated rings. The van der Waals surface area contributed by atoms with E-state index in [0.29, 0.717) is 0 Å². The van der Waals surface area contributed by atoms with E-state index in [9.17, 15) is 0 Å². The Balaban J connectivity index is 1.28. The predicted octanol–water partition coefficient (Wildman–Crippen LogP) is 9.10. The van der Waals surface area contributed by atoms with Gasteiger partial charge in [-0.1, -0.05) is 80.6 Å². The van der Waals surface area contributed by atoms with Gasteiger partial charge < -0.3 is 4.90 Å². The summed E-state index contributed by atoms with van der Waals surface area (Å²) in [5.41, 5.74) is 9.62. The summed E-state index contributed by atoms with van der Waals surface area (Å²) < 4.78 is 5.96. The zero-order valence-electron chi connectivity index (χ0n) is 25.0. The van der Waals surface area contributed by atoms with Crippen LogP contribution >= 0.6 is 11.3 Å². The van der Waals surface area contributed by atoms with Crippen LogP contribution < -0.4 is 9.47 Å². The Labute approximate surface area is 257 Å². The molecule has 4 nitrogen and oxygen atoms in total. The maximum absolute atomic E-state index is 4.93. The van der Waals surface area contributed by atoms with Gasteiger partial charge in [0.25, 0.3) is 5.82 Å². The van der Waals surface area contributed by atoms with Crippen molar-refractivity contribution < 1.29 is 4.57 Å². The van der Waals surface area contributed by atoms with Crippen LogP contribution in [0.15, 0.2) is 127 Å². The fourth-order valence-corrected chi connectivity index (χ4v) is 7.39. The Hall–Kier alpha value is -4.74. The quantitative estimate of drug-likeness (QED) is 0.145. The second-order valence-corrected chi connectivity index (χ2v) is 12.5. The molecule has 0 N–H and O–H groups in total. The van der Waals surface area contributed by atoms with E-state index in [0.717, 1.165) is 34.1 Å². The van der Waals surface area contributed by atoms with Crippen LogP contribution in [0.25, 0.3) is 43.6 Å². The third kappa shape index (κ3) is 4.61. The highest BCUT2D eigenvalue weighted by molar-refractivity contribution is 7.21. The zero-order chi connectivity index (χ0) is 29.6. The molecule has 0 radical (unpaired) electrons. The SMILES string of the molecule is CC[n+]1c(/C=C/C=C/C=C2\N(C)c3ccccc3C2(C)C)n(-c2ccccc2)c2ccc(-c3nc4ccccc4s3)cc21. The molecule has 1 aliphatic rings. The summed E-state index contributed by atoms with van der Waals surface area (Å²) >= 11 is 1.75. The molecule has 43 heavy (non-hydrogen) atoms. The maximum Gasteiger partial charge on any atom is 0.287 e. The fourth-order valence-electron chi connectivity index (χ4n) is 6.42. The van der Waals surface area contributed by atoms with Gasteiger partial charge in [-0.25, -0.2) is 9.55 Å². The molecule has 0 unspecified atom stereocenters. The number of fused-ring (bicyclic) bond motifs is 3. The first kappa shape index (κ1) is 27.1. The molecule has 0 amide bonds. The first-order chi connectivity index (χ1) is 21.0. The molecule has 1 aliphatic heterocycles. The van der Waals surface area contributed by atoms with E-state index in [4.69, 9.17) is 4.98 Å². The van der Waals surface area contributed by atoms with Crippen LogP contribution in [0.5, 0.6) is 0 Å². The average molecular weight is 580 g/mol. The Morgan fingerprint density at radius 3 is 2.42 bits per heavy atom. The van der Waals surface area contributed by atoms with Crippen molar-refractivity contribution in [3.63, 3.8) is 0 Å². The molecular weight excluding hydrogens is 545 g/mol. The van der Waals surface area contributed by atoms with E-state index in [1.807, 2.05) is 0 Å². The van der Waals surface area contributed by atoms with Crippen molar-refractivity contribution in [1.82, 2.24) is 9.55 Å². The number of allylic oxidation sites excluding steroid dienone is 5. The van der Waals surface area contributed by atoms with Crippen LogP contribution in [0.1, 0.15) is 32.2 Å². The van der Waals surface area contributed by atoms with Gasteiger partial charge in [-0.15, -0.1) is 11.3 Å². The number of aromatic nitrogens is 3. The van der Waals surface area contributed by atoms with Crippen molar-refractivity contribution in [3.8, 4) is 16.3 Å². The third-order valence-electron chi connectivity index (χ3n) is 8.55. The second kappa shape index (κ2) is 10.8. The lowest BCUT2D eigenvalue weighted by molar-refractivity contribution is -0.670. The van der Waals surface area contributed by atoms with Crippen LogP contribution in [0, 0.1) is 0 Å². The van der Waals surface area contributed by atoms with Crippen LogP contribution in [0.3, 0.4) is 0 Å². The monoisotopic (exact) mass is 579 g/mol. The molecule has 0 aliphatic carbocycles. The van der Waals surface area contributed by atoms with Crippen molar-refractivity contribution in [3.05, 3.63) is 138 Å². The Kier molecular flexibility index (Phi) is 6.83. The van der Waals surface area contributed by atoms with Gasteiger partial charge in [0.1, 0.15) is 10.7 Å². The summed E-state index contributed by atoms with van der Waals surface area (Å²) in [5.74, 6) is 1.13. The summed E-state index contributed by atoms with van der Waals surface area (Å²) in [6.45, 7) is 7.67. The van der Waals surface area contributed by atoms with Crippen molar-refractivity contribution in [1.29, 1.82) is 0 Å². The number of rotatable bonds is 6. The number of aryl methyl sites for hydroxylation is 1. The summed E-state index contributed by atoms with van der Waals surface area (Å²) in [6, 6.07) is 34.4. The van der Waals surface area contributed by atoms with Gasteiger partial charge in [0, 0.05) is 35.5 Å². The van der Waals surface area contributed by atoms with Gasteiger partial charge >= 0.3 is 0 Å². The number of nitrogens with zero attached hydrogens (tertiary/aromatic N) is 4. The van der Waals surface area contributed by atoms with E-state index in [1.165, 1.54) is 32.7 Å². The van der Waals surface area contributed by atoms with E-state index >= 15 is 0 Å². The van der Waals surface area contributed by atoms with Gasteiger partial charge in [0.15, 0.2) is 11.0 Å². The molecule has 0 saturated heterocycles. The molecular formula is C38H35N4S+. The highest BCUT2D eigenvalue weighted by atomic mass is 32.1. The van der Waals surface area contributed by atoms with Gasteiger partial charge in [-0.2, -0.15) is 4.57 Å². The number of hydrogen-bond donors (Lipinski definition) is 0. The first-order valence-corrected chi connectivity index (χ1v) is 15.7. The number of anilines is 1. The fraction of sp³-hybridized carbons (Fsp3) is 0.158. The number of imidazole rings is 1. The average Bonchev–Trinajstić information content (AvgIpc) is 3.66. The minimum atomic E-state index is -0.0364. The molecule has 5 heteroatoms. The van der Waals surface area contributed by atoms with Crippen LogP contribution in [-0.4, -0.2) is 16.6 Å². The van der Waals surface area contributed by atoms with Gasteiger partial charge in [-0.05, 0) is 67.1 Å². The van der Waals surface area contributed by atoms with Crippen LogP contribution in [-0.2, 0) is 12.0 Å². The molecule has 3 heterocycles. The molecule has 2 aromatic heterocycles. The standard InChI is InChI=1S/C38H35N4S/c1-5-41-33-26-27(37-39-30-19-13-15-21-34(30)43-37)24-25-32(33)42(28-16-8-6-9-17-28)36(41)23-11-7-10-22-35-38(2,3)29-18-12-14-20-31(29)40(35)4/h6-26H,5H2,1-4H3/q+1. The predicted molar refractivity (Wildman–Crippen MR) is 182 cm³/mol. The highest BCUT2D eigenvalue weighted by Crippen LogP contribution is 2.46. The largest absolute Gasteiger partial charge is 0.347 e. The second-order valence-electron chi connectivity index (χ2n) is 11.5. The van der Waals surface area contributed by atoms with Crippen molar-refractivity contribution in [2.24, 2.45) is 0 Å². The Bertz CT molecular complexity index is 2020. The number of likely N-dealkylation sites (N-methyl/N-ethyl adjacent to an activating group) is 1. The lowest BCUT2D eigenvalue weighted by atomic mass is 9.84. The molecule has 6 aromatic rings. The molecule has 0 saturated carbocycles. The van der Waals surface area contributed by atoms with Crippen LogP contribution in [0.4, 0.5) is 5.69 Å². The first-order valence-electron chi connectivity index (χ1n) is 14.9. The van der Waals surface area contributed by atoms with E-state index in [-0.39, 0.29) is 5.41 Å². The minimum absolute atomic E-state index is 0.0364. The number of hydrogen-bond acceptors (Lipinski definition) is 3.